The summed E-state index contributed by atoms with van der Waals surface area (Å²) in [7, 11) is 0. The Morgan fingerprint density at radius 2 is 2.05 bits per heavy atom. The first-order valence-electron chi connectivity index (χ1n) is 5.13. The van der Waals surface area contributed by atoms with E-state index in [0.717, 1.165) is 16.9 Å². The zero-order valence-electron chi connectivity index (χ0n) is 9.64. The lowest BCUT2D eigenvalue weighted by Crippen LogP contribution is -2.09. The Kier molecular flexibility index (Phi) is 3.01. The number of nitrogens with zero attached hydrogens (tertiary/aromatic N) is 3. The smallest absolute Gasteiger partial charge is 0.416 e. The Hall–Kier alpha value is -2.38. The van der Waals surface area contributed by atoms with E-state index in [1.165, 1.54) is 19.1 Å². The predicted octanol–water partition coefficient (Wildman–Crippen LogP) is 2.29. The molecule has 0 aliphatic heterocycles. The van der Waals surface area contributed by atoms with Crippen LogP contribution >= 0.6 is 0 Å². The summed E-state index contributed by atoms with van der Waals surface area (Å²) in [5.74, 6) is -1.30. The van der Waals surface area contributed by atoms with E-state index in [-0.39, 0.29) is 16.9 Å². The lowest BCUT2D eigenvalue weighted by Gasteiger charge is -2.11. The largest absolute Gasteiger partial charge is 0.476 e. The standard InChI is InChI=1S/C11H8F3N3O2/c1-6-2-3-7(4-8(6)11(12,13)14)17-5-9(10(18)19)15-16-17/h2-5H,1H3,(H,18,19). The maximum atomic E-state index is 12.7. The van der Waals surface area contributed by atoms with Gasteiger partial charge in [0.15, 0.2) is 5.69 Å². The molecule has 1 heterocycles. The Balaban J connectivity index is 2.48. The fourth-order valence-electron chi connectivity index (χ4n) is 1.55. The Morgan fingerprint density at radius 1 is 1.37 bits per heavy atom. The quantitative estimate of drug-likeness (QED) is 0.909. The van der Waals surface area contributed by atoms with Crippen LogP contribution < -0.4 is 0 Å². The molecule has 0 aliphatic rings. The molecule has 2 aromatic rings. The van der Waals surface area contributed by atoms with Gasteiger partial charge in [0, 0.05) is 0 Å². The molecular weight excluding hydrogens is 263 g/mol. The van der Waals surface area contributed by atoms with Gasteiger partial charge in [-0.25, -0.2) is 9.48 Å². The van der Waals surface area contributed by atoms with E-state index in [4.69, 9.17) is 5.11 Å². The number of carbonyl (C=O) groups is 1. The van der Waals surface area contributed by atoms with Gasteiger partial charge in [0.2, 0.25) is 0 Å². The molecule has 5 nitrogen and oxygen atoms in total. The summed E-state index contributed by atoms with van der Waals surface area (Å²) in [5, 5.41) is 15.5. The van der Waals surface area contributed by atoms with Crippen molar-refractivity contribution < 1.29 is 23.1 Å². The molecule has 1 aromatic heterocycles. The molecule has 0 unspecified atom stereocenters. The SMILES string of the molecule is Cc1ccc(-n2cc(C(=O)O)nn2)cc1C(F)(F)F. The van der Waals surface area contributed by atoms with Crippen molar-refractivity contribution >= 4 is 5.97 Å². The number of aromatic carboxylic acids is 1. The van der Waals surface area contributed by atoms with E-state index in [9.17, 15) is 18.0 Å². The van der Waals surface area contributed by atoms with Crippen molar-refractivity contribution in [3.8, 4) is 5.69 Å². The summed E-state index contributed by atoms with van der Waals surface area (Å²) in [6, 6.07) is 3.60. The highest BCUT2D eigenvalue weighted by molar-refractivity contribution is 5.84. The third-order valence-corrected chi connectivity index (χ3v) is 2.50. The first-order valence-corrected chi connectivity index (χ1v) is 5.13. The van der Waals surface area contributed by atoms with Gasteiger partial charge in [0.1, 0.15) is 0 Å². The summed E-state index contributed by atoms with van der Waals surface area (Å²) < 4.78 is 39.2. The summed E-state index contributed by atoms with van der Waals surface area (Å²) in [5.41, 5.74) is -0.959. The summed E-state index contributed by atoms with van der Waals surface area (Å²) in [6.07, 6.45) is -3.43. The number of alkyl halides is 3. The highest BCUT2D eigenvalue weighted by Gasteiger charge is 2.32. The topological polar surface area (TPSA) is 68.0 Å². The van der Waals surface area contributed by atoms with Gasteiger partial charge in [-0.1, -0.05) is 11.3 Å². The molecule has 0 amide bonds. The van der Waals surface area contributed by atoms with Crippen LogP contribution in [-0.2, 0) is 6.18 Å². The van der Waals surface area contributed by atoms with Crippen LogP contribution in [0.3, 0.4) is 0 Å². The first kappa shape index (κ1) is 13.1. The first-order chi connectivity index (χ1) is 8.79. The lowest BCUT2D eigenvalue weighted by atomic mass is 10.1. The lowest BCUT2D eigenvalue weighted by molar-refractivity contribution is -0.138. The minimum atomic E-state index is -4.48. The van der Waals surface area contributed by atoms with Crippen LogP contribution in [0.4, 0.5) is 13.2 Å². The molecule has 1 aromatic carbocycles. The minimum Gasteiger partial charge on any atom is -0.476 e. The van der Waals surface area contributed by atoms with Crippen molar-refractivity contribution in [1.29, 1.82) is 0 Å². The molecule has 0 saturated heterocycles. The van der Waals surface area contributed by atoms with Crippen LogP contribution in [0.5, 0.6) is 0 Å². The number of carboxylic acid groups (broad SMARTS) is 1. The molecule has 2 rings (SSSR count). The third kappa shape index (κ3) is 2.56. The highest BCUT2D eigenvalue weighted by Crippen LogP contribution is 2.32. The van der Waals surface area contributed by atoms with Gasteiger partial charge in [-0.3, -0.25) is 0 Å². The third-order valence-electron chi connectivity index (χ3n) is 2.50. The van der Waals surface area contributed by atoms with Crippen LogP contribution in [0.1, 0.15) is 21.6 Å². The molecule has 0 spiro atoms. The highest BCUT2D eigenvalue weighted by atomic mass is 19.4. The zero-order valence-corrected chi connectivity index (χ0v) is 9.64. The average molecular weight is 271 g/mol. The summed E-state index contributed by atoms with van der Waals surface area (Å²) in [6.45, 7) is 1.34. The molecular formula is C11H8F3N3O2. The second-order valence-electron chi connectivity index (χ2n) is 3.85. The molecule has 0 aliphatic carbocycles. The number of halogens is 3. The van der Waals surface area contributed by atoms with E-state index in [2.05, 4.69) is 10.3 Å². The van der Waals surface area contributed by atoms with Crippen LogP contribution in [0.15, 0.2) is 24.4 Å². The van der Waals surface area contributed by atoms with E-state index in [0.29, 0.717) is 0 Å². The van der Waals surface area contributed by atoms with Gasteiger partial charge >= 0.3 is 12.1 Å². The van der Waals surface area contributed by atoms with Crippen molar-refractivity contribution in [2.75, 3.05) is 0 Å². The molecule has 100 valence electrons. The number of carboxylic acids is 1. The van der Waals surface area contributed by atoms with Gasteiger partial charge in [-0.05, 0) is 24.6 Å². The van der Waals surface area contributed by atoms with Gasteiger partial charge in [-0.2, -0.15) is 13.2 Å². The van der Waals surface area contributed by atoms with Gasteiger partial charge in [0.25, 0.3) is 0 Å². The number of aryl methyl sites for hydroxylation is 1. The number of hydrogen-bond donors (Lipinski definition) is 1. The molecule has 0 saturated carbocycles. The number of benzene rings is 1. The number of rotatable bonds is 2. The van der Waals surface area contributed by atoms with Crippen molar-refractivity contribution in [2.24, 2.45) is 0 Å². The maximum absolute atomic E-state index is 12.7. The van der Waals surface area contributed by atoms with Crippen LogP contribution in [-0.4, -0.2) is 26.1 Å². The van der Waals surface area contributed by atoms with Crippen molar-refractivity contribution in [1.82, 2.24) is 15.0 Å². The predicted molar refractivity (Wildman–Crippen MR) is 58.1 cm³/mol. The Labute approximate surface area is 105 Å². The van der Waals surface area contributed by atoms with Crippen molar-refractivity contribution in [3.63, 3.8) is 0 Å². The second kappa shape index (κ2) is 4.38. The normalized spacial score (nSPS) is 11.6. The molecule has 19 heavy (non-hydrogen) atoms. The number of hydrogen-bond acceptors (Lipinski definition) is 3. The minimum absolute atomic E-state index is 0.0785. The van der Waals surface area contributed by atoms with Gasteiger partial charge in [0.05, 0.1) is 17.4 Å². The van der Waals surface area contributed by atoms with Crippen LogP contribution in [0, 0.1) is 6.92 Å². The average Bonchev–Trinajstić information content (AvgIpc) is 2.77. The van der Waals surface area contributed by atoms with Crippen molar-refractivity contribution in [3.05, 3.63) is 41.2 Å². The van der Waals surface area contributed by atoms with Gasteiger partial charge < -0.3 is 5.11 Å². The molecule has 0 fully saturated rings. The summed E-state index contributed by atoms with van der Waals surface area (Å²) >= 11 is 0. The van der Waals surface area contributed by atoms with Crippen molar-refractivity contribution in [2.45, 2.75) is 13.1 Å². The fraction of sp³-hybridized carbons (Fsp3) is 0.182. The summed E-state index contributed by atoms with van der Waals surface area (Å²) in [4.78, 5) is 10.6. The molecule has 1 N–H and O–H groups in total. The van der Waals surface area contributed by atoms with Crippen LogP contribution in [0.25, 0.3) is 5.69 Å². The molecule has 8 heteroatoms. The molecule has 0 bridgehead atoms. The van der Waals surface area contributed by atoms with Gasteiger partial charge in [-0.15, -0.1) is 5.10 Å². The second-order valence-corrected chi connectivity index (χ2v) is 3.85. The molecule has 0 atom stereocenters. The fourth-order valence-corrected chi connectivity index (χ4v) is 1.55. The molecule has 0 radical (unpaired) electrons. The number of aromatic nitrogens is 3. The van der Waals surface area contributed by atoms with Crippen LogP contribution in [0.2, 0.25) is 0 Å². The monoisotopic (exact) mass is 271 g/mol. The Morgan fingerprint density at radius 3 is 2.58 bits per heavy atom. The van der Waals surface area contributed by atoms with E-state index in [1.54, 1.807) is 0 Å². The Bertz CT molecular complexity index is 634. The zero-order chi connectivity index (χ0) is 14.2. The van der Waals surface area contributed by atoms with E-state index >= 15 is 0 Å². The maximum Gasteiger partial charge on any atom is 0.416 e. The van der Waals surface area contributed by atoms with E-state index in [1.807, 2.05) is 0 Å². The van der Waals surface area contributed by atoms with E-state index < -0.39 is 17.7 Å².